The Bertz CT molecular complexity index is 958. The lowest BCUT2D eigenvalue weighted by molar-refractivity contribution is -0.113. The minimum atomic E-state index is -0.219. The molecule has 0 saturated heterocycles. The molecular formula is C18H16ClN3O3S. The van der Waals surface area contributed by atoms with Crippen LogP contribution in [0.5, 0.6) is 0 Å². The van der Waals surface area contributed by atoms with Crippen LogP contribution >= 0.6 is 23.4 Å². The van der Waals surface area contributed by atoms with Crippen molar-refractivity contribution in [3.05, 3.63) is 53.1 Å². The molecule has 1 aromatic heterocycles. The molecule has 3 aromatic rings. The molecule has 134 valence electrons. The summed E-state index contributed by atoms with van der Waals surface area (Å²) in [4.78, 5) is 28.3. The number of aromatic nitrogens is 1. The van der Waals surface area contributed by atoms with Crippen molar-refractivity contribution in [1.82, 2.24) is 10.3 Å². The summed E-state index contributed by atoms with van der Waals surface area (Å²) >= 11 is 7.11. The van der Waals surface area contributed by atoms with Crippen molar-refractivity contribution in [2.24, 2.45) is 0 Å². The zero-order valence-corrected chi connectivity index (χ0v) is 15.5. The Hall–Kier alpha value is -2.51. The van der Waals surface area contributed by atoms with E-state index < -0.39 is 0 Å². The number of halogens is 1. The minimum absolute atomic E-state index is 0.131. The van der Waals surface area contributed by atoms with Gasteiger partial charge in [0.05, 0.1) is 5.75 Å². The van der Waals surface area contributed by atoms with E-state index in [1.807, 2.05) is 6.92 Å². The Labute approximate surface area is 159 Å². The van der Waals surface area contributed by atoms with Gasteiger partial charge < -0.3 is 15.1 Å². The van der Waals surface area contributed by atoms with E-state index in [1.165, 1.54) is 11.8 Å². The van der Waals surface area contributed by atoms with Crippen LogP contribution in [0, 0.1) is 0 Å². The Morgan fingerprint density at radius 1 is 1.23 bits per heavy atom. The number of hydrogen-bond donors (Lipinski definition) is 2. The van der Waals surface area contributed by atoms with Crippen molar-refractivity contribution in [3.8, 4) is 0 Å². The number of rotatable bonds is 6. The van der Waals surface area contributed by atoms with E-state index >= 15 is 0 Å². The highest BCUT2D eigenvalue weighted by molar-refractivity contribution is 7.99. The summed E-state index contributed by atoms with van der Waals surface area (Å²) in [6.45, 7) is 2.39. The number of thioether (sulfide) groups is 1. The van der Waals surface area contributed by atoms with Gasteiger partial charge in [-0.1, -0.05) is 29.4 Å². The van der Waals surface area contributed by atoms with Crippen LogP contribution in [-0.2, 0) is 4.79 Å². The fourth-order valence-corrected chi connectivity index (χ4v) is 3.07. The van der Waals surface area contributed by atoms with Gasteiger partial charge in [0.25, 0.3) is 11.1 Å². The Morgan fingerprint density at radius 2 is 2.08 bits per heavy atom. The molecule has 2 N–H and O–H groups in total. The predicted molar refractivity (Wildman–Crippen MR) is 103 cm³/mol. The summed E-state index contributed by atoms with van der Waals surface area (Å²) in [7, 11) is 0. The van der Waals surface area contributed by atoms with E-state index in [1.54, 1.807) is 42.5 Å². The first kappa shape index (κ1) is 18.3. The van der Waals surface area contributed by atoms with Crippen molar-refractivity contribution in [2.45, 2.75) is 12.1 Å². The number of nitrogens with zero attached hydrogens (tertiary/aromatic N) is 1. The molecule has 3 rings (SSSR count). The number of carbonyl (C=O) groups excluding carboxylic acids is 2. The van der Waals surface area contributed by atoms with Gasteiger partial charge in [-0.3, -0.25) is 9.59 Å². The van der Waals surface area contributed by atoms with Gasteiger partial charge in [0.15, 0.2) is 5.58 Å². The minimum Gasteiger partial charge on any atom is -0.431 e. The Kier molecular flexibility index (Phi) is 5.80. The number of nitrogens with one attached hydrogen (secondary N) is 2. The van der Waals surface area contributed by atoms with Gasteiger partial charge in [-0.15, -0.1) is 0 Å². The number of fused-ring (bicyclic) bond motifs is 1. The molecule has 0 bridgehead atoms. The van der Waals surface area contributed by atoms with Gasteiger partial charge in [-0.2, -0.15) is 0 Å². The van der Waals surface area contributed by atoms with Crippen LogP contribution in [-0.4, -0.2) is 29.1 Å². The third-order valence-corrected chi connectivity index (χ3v) is 4.47. The molecule has 0 fully saturated rings. The van der Waals surface area contributed by atoms with Gasteiger partial charge in [0.1, 0.15) is 5.52 Å². The average Bonchev–Trinajstić information content (AvgIpc) is 3.02. The lowest BCUT2D eigenvalue weighted by Gasteiger charge is -2.07. The first-order valence-corrected chi connectivity index (χ1v) is 9.28. The predicted octanol–water partition coefficient (Wildman–Crippen LogP) is 3.96. The van der Waals surface area contributed by atoms with Crippen LogP contribution < -0.4 is 10.6 Å². The Morgan fingerprint density at radius 3 is 2.88 bits per heavy atom. The van der Waals surface area contributed by atoms with E-state index in [2.05, 4.69) is 15.6 Å². The zero-order chi connectivity index (χ0) is 18.5. The van der Waals surface area contributed by atoms with Crippen LogP contribution in [0.1, 0.15) is 17.3 Å². The first-order valence-electron chi connectivity index (χ1n) is 7.92. The van der Waals surface area contributed by atoms with E-state index in [-0.39, 0.29) is 17.6 Å². The van der Waals surface area contributed by atoms with Gasteiger partial charge in [0.2, 0.25) is 5.91 Å². The van der Waals surface area contributed by atoms with Gasteiger partial charge >= 0.3 is 0 Å². The lowest BCUT2D eigenvalue weighted by Crippen LogP contribution is -2.23. The summed E-state index contributed by atoms with van der Waals surface area (Å²) in [5.41, 5.74) is 2.32. The number of carbonyl (C=O) groups is 2. The van der Waals surface area contributed by atoms with Crippen LogP contribution in [0.2, 0.25) is 5.02 Å². The van der Waals surface area contributed by atoms with E-state index in [4.69, 9.17) is 16.0 Å². The number of oxazole rings is 1. The van der Waals surface area contributed by atoms with E-state index in [9.17, 15) is 9.59 Å². The molecule has 0 saturated carbocycles. The monoisotopic (exact) mass is 389 g/mol. The normalized spacial score (nSPS) is 10.7. The molecule has 0 radical (unpaired) electrons. The molecule has 0 aliphatic heterocycles. The van der Waals surface area contributed by atoms with Crippen molar-refractivity contribution in [1.29, 1.82) is 0 Å². The number of amides is 2. The summed E-state index contributed by atoms with van der Waals surface area (Å²) in [5.74, 6) is -0.266. The van der Waals surface area contributed by atoms with E-state index in [0.717, 1.165) is 0 Å². The largest absolute Gasteiger partial charge is 0.431 e. The highest BCUT2D eigenvalue weighted by Gasteiger charge is 2.11. The fraction of sp³-hybridized carbons (Fsp3) is 0.167. The smallest absolute Gasteiger partial charge is 0.257 e. The molecule has 8 heteroatoms. The van der Waals surface area contributed by atoms with Gasteiger partial charge in [-0.05, 0) is 43.3 Å². The van der Waals surface area contributed by atoms with Crippen molar-refractivity contribution in [2.75, 3.05) is 17.6 Å². The third-order valence-electron chi connectivity index (χ3n) is 3.40. The summed E-state index contributed by atoms with van der Waals surface area (Å²) < 4.78 is 5.56. The maximum absolute atomic E-state index is 12.1. The average molecular weight is 390 g/mol. The van der Waals surface area contributed by atoms with Crippen LogP contribution in [0.4, 0.5) is 5.69 Å². The molecule has 2 aromatic carbocycles. The van der Waals surface area contributed by atoms with Gasteiger partial charge in [-0.25, -0.2) is 4.98 Å². The number of hydrogen-bond acceptors (Lipinski definition) is 5. The fourth-order valence-electron chi connectivity index (χ4n) is 2.27. The van der Waals surface area contributed by atoms with Crippen LogP contribution in [0.3, 0.4) is 0 Å². The standard InChI is InChI=1S/C18H16ClN3O3S/c1-2-20-17(24)11-4-3-5-13(8-11)21-16(23)10-26-18-22-14-9-12(19)6-7-15(14)25-18/h3-9H,2,10H2,1H3,(H,20,24)(H,21,23). The SMILES string of the molecule is CCNC(=O)c1cccc(NC(=O)CSc2nc3cc(Cl)ccc3o2)c1. The zero-order valence-electron chi connectivity index (χ0n) is 13.9. The molecule has 0 unspecified atom stereocenters. The Balaban J connectivity index is 1.60. The van der Waals surface area contributed by atoms with E-state index in [0.29, 0.717) is 39.1 Å². The summed E-state index contributed by atoms with van der Waals surface area (Å²) in [6.07, 6.45) is 0. The highest BCUT2D eigenvalue weighted by atomic mass is 35.5. The molecule has 0 spiro atoms. The molecule has 6 nitrogen and oxygen atoms in total. The third kappa shape index (κ3) is 4.56. The highest BCUT2D eigenvalue weighted by Crippen LogP contribution is 2.25. The maximum atomic E-state index is 12.1. The van der Waals surface area contributed by atoms with Crippen molar-refractivity contribution in [3.63, 3.8) is 0 Å². The van der Waals surface area contributed by atoms with Gasteiger partial charge in [0, 0.05) is 22.8 Å². The molecule has 26 heavy (non-hydrogen) atoms. The van der Waals surface area contributed by atoms with Crippen LogP contribution in [0.25, 0.3) is 11.1 Å². The van der Waals surface area contributed by atoms with Crippen LogP contribution in [0.15, 0.2) is 52.1 Å². The topological polar surface area (TPSA) is 84.2 Å². The quantitative estimate of drug-likeness (QED) is 0.623. The molecule has 0 aliphatic carbocycles. The molecule has 1 heterocycles. The van der Waals surface area contributed by atoms with Crippen molar-refractivity contribution < 1.29 is 14.0 Å². The molecular weight excluding hydrogens is 374 g/mol. The molecule has 2 amide bonds. The second kappa shape index (κ2) is 8.25. The number of benzene rings is 2. The first-order chi connectivity index (χ1) is 12.5. The summed E-state index contributed by atoms with van der Waals surface area (Å²) in [5, 5.41) is 6.45. The second-order valence-corrected chi connectivity index (χ2v) is 6.73. The molecule has 0 aliphatic rings. The maximum Gasteiger partial charge on any atom is 0.257 e. The lowest BCUT2D eigenvalue weighted by atomic mass is 10.2. The summed E-state index contributed by atoms with van der Waals surface area (Å²) in [6, 6.07) is 11.9. The second-order valence-electron chi connectivity index (χ2n) is 5.37. The van der Waals surface area contributed by atoms with Crippen molar-refractivity contribution >= 4 is 52.0 Å². The number of anilines is 1. The molecule has 0 atom stereocenters.